The number of aryl methyl sites for hydroxylation is 1. The van der Waals surface area contributed by atoms with Crippen LogP contribution in [-0.2, 0) is 11.3 Å². The molecule has 3 heterocycles. The summed E-state index contributed by atoms with van der Waals surface area (Å²) in [4.78, 5) is 20.7. The number of hydrogen-bond acceptors (Lipinski definition) is 6. The van der Waals surface area contributed by atoms with Crippen LogP contribution in [0.15, 0.2) is 48.5 Å². The number of fused-ring (bicyclic) bond motifs is 1. The van der Waals surface area contributed by atoms with E-state index in [4.69, 9.17) is 14.6 Å². The second-order valence-electron chi connectivity index (χ2n) is 10.6. The smallest absolute Gasteiger partial charge is 0.340 e. The number of aromatic amines is 1. The number of piperidine rings is 2. The first-order valence-corrected chi connectivity index (χ1v) is 13.9. The number of aromatic nitrogens is 1. The van der Waals surface area contributed by atoms with Crippen LogP contribution in [0.4, 0.5) is 0 Å². The maximum atomic E-state index is 12.8. The highest BCUT2D eigenvalue weighted by Crippen LogP contribution is 2.28. The zero-order valence-electron chi connectivity index (χ0n) is 23.1. The predicted octanol–water partition coefficient (Wildman–Crippen LogP) is 5.16. The largest absolute Gasteiger partial charge is 0.492 e. The number of carbonyl (C=O) groups excluding carboxylic acids is 1. The highest BCUT2D eigenvalue weighted by atomic mass is 16.5. The average Bonchev–Trinajstić information content (AvgIpc) is 3.27. The Balaban J connectivity index is 0.000000317. The number of rotatable bonds is 7. The van der Waals surface area contributed by atoms with E-state index < -0.39 is 0 Å². The zero-order valence-corrected chi connectivity index (χ0v) is 23.1. The first-order valence-electron chi connectivity index (χ1n) is 13.9. The molecule has 1 aromatic heterocycles. The Labute approximate surface area is 226 Å². The van der Waals surface area contributed by atoms with E-state index in [0.717, 1.165) is 41.0 Å². The van der Waals surface area contributed by atoms with Gasteiger partial charge >= 0.3 is 5.97 Å². The van der Waals surface area contributed by atoms with Gasteiger partial charge in [-0.05, 0) is 83.6 Å². The summed E-state index contributed by atoms with van der Waals surface area (Å²) in [5.74, 6) is 0.467. The lowest BCUT2D eigenvalue weighted by molar-refractivity contribution is 0.0474. The number of likely N-dealkylation sites (tertiary alicyclic amines) is 2. The van der Waals surface area contributed by atoms with Gasteiger partial charge < -0.3 is 29.4 Å². The molecule has 38 heavy (non-hydrogen) atoms. The Morgan fingerprint density at radius 2 is 1.66 bits per heavy atom. The van der Waals surface area contributed by atoms with E-state index >= 15 is 0 Å². The lowest BCUT2D eigenvalue weighted by Gasteiger charge is -2.32. The summed E-state index contributed by atoms with van der Waals surface area (Å²) in [6.45, 7) is 5.44. The first-order chi connectivity index (χ1) is 18.5. The Kier molecular flexibility index (Phi) is 10.2. The van der Waals surface area contributed by atoms with Gasteiger partial charge in [-0.25, -0.2) is 4.79 Å². The van der Waals surface area contributed by atoms with Gasteiger partial charge in [0, 0.05) is 28.7 Å². The molecular weight excluding hydrogens is 478 g/mol. The second kappa shape index (κ2) is 13.8. The van der Waals surface area contributed by atoms with Gasteiger partial charge in [-0.3, -0.25) is 0 Å². The van der Waals surface area contributed by atoms with E-state index in [2.05, 4.69) is 28.9 Å². The van der Waals surface area contributed by atoms with Crippen LogP contribution in [0.3, 0.4) is 0 Å². The number of hydrogen-bond donors (Lipinski definition) is 2. The van der Waals surface area contributed by atoms with Crippen LogP contribution in [0.5, 0.6) is 5.75 Å². The van der Waals surface area contributed by atoms with Gasteiger partial charge in [0.05, 0.1) is 12.2 Å². The highest BCUT2D eigenvalue weighted by Gasteiger charge is 2.21. The van der Waals surface area contributed by atoms with Gasteiger partial charge in [-0.15, -0.1) is 0 Å². The van der Waals surface area contributed by atoms with Crippen molar-refractivity contribution in [3.63, 3.8) is 0 Å². The molecule has 2 unspecified atom stereocenters. The van der Waals surface area contributed by atoms with Gasteiger partial charge in [0.25, 0.3) is 0 Å². The van der Waals surface area contributed by atoms with Crippen molar-refractivity contribution in [3.8, 4) is 5.75 Å². The van der Waals surface area contributed by atoms with Gasteiger partial charge in [-0.1, -0.05) is 43.2 Å². The van der Waals surface area contributed by atoms with Gasteiger partial charge in [-0.2, -0.15) is 0 Å². The Morgan fingerprint density at radius 1 is 0.974 bits per heavy atom. The van der Waals surface area contributed by atoms with Crippen LogP contribution < -0.4 is 4.74 Å². The predicted molar refractivity (Wildman–Crippen MR) is 152 cm³/mol. The minimum atomic E-state index is -0.318. The van der Waals surface area contributed by atoms with E-state index in [1.807, 2.05) is 55.5 Å². The van der Waals surface area contributed by atoms with Crippen molar-refractivity contribution < 1.29 is 19.4 Å². The van der Waals surface area contributed by atoms with Crippen LogP contribution in [0.2, 0.25) is 0 Å². The maximum absolute atomic E-state index is 12.8. The summed E-state index contributed by atoms with van der Waals surface area (Å²) in [7, 11) is 4.24. The number of likely N-dealkylation sites (N-methyl/N-ethyl adjacent to an activating group) is 2. The number of esters is 1. The number of aliphatic hydroxyl groups is 1. The van der Waals surface area contributed by atoms with Crippen LogP contribution in [0, 0.1) is 6.92 Å². The molecule has 2 aliphatic heterocycles. The van der Waals surface area contributed by atoms with Gasteiger partial charge in [0.1, 0.15) is 19.0 Å². The topological polar surface area (TPSA) is 78.0 Å². The number of aliphatic hydroxyl groups excluding tert-OH is 1. The molecule has 0 spiro atoms. The fourth-order valence-electron chi connectivity index (χ4n) is 5.38. The van der Waals surface area contributed by atoms with Crippen molar-refractivity contribution >= 4 is 16.9 Å². The maximum Gasteiger partial charge on any atom is 0.340 e. The van der Waals surface area contributed by atoms with Crippen LogP contribution in [-0.4, -0.2) is 78.3 Å². The minimum Gasteiger partial charge on any atom is -0.492 e. The summed E-state index contributed by atoms with van der Waals surface area (Å²) in [5.41, 5.74) is 3.27. The highest BCUT2D eigenvalue weighted by molar-refractivity contribution is 6.05. The SMILES string of the molecule is CN1CCCCC1CO.Cc1[nH]c2ccc(OCC3CCCCN3C)cc2c1C(=O)OCc1ccccc1. The standard InChI is InChI=1S/C24H28N2O3.C7H15NO/c1-17-23(24(27)29-15-18-8-4-3-5-9-18)21-14-20(11-12-22(21)25-17)28-16-19-10-6-7-13-26(19)2;1-8-5-3-2-4-7(8)6-9/h3-5,8-9,11-12,14,19,25H,6-7,10,13,15-16H2,1-2H3;7,9H,2-6H2,1H3. The third-order valence-corrected chi connectivity index (χ3v) is 7.87. The molecule has 2 atom stereocenters. The van der Waals surface area contributed by atoms with E-state index in [1.54, 1.807) is 0 Å². The Bertz CT molecular complexity index is 1160. The number of ether oxygens (including phenoxy) is 2. The molecule has 7 heteroatoms. The fraction of sp³-hybridized carbons (Fsp3) is 0.516. The number of carbonyl (C=O) groups is 1. The van der Waals surface area contributed by atoms with E-state index in [0.29, 0.717) is 30.9 Å². The average molecular weight is 522 g/mol. The van der Waals surface area contributed by atoms with Crippen molar-refractivity contribution in [2.45, 2.75) is 64.1 Å². The molecule has 2 fully saturated rings. The van der Waals surface area contributed by atoms with E-state index in [-0.39, 0.29) is 12.6 Å². The lowest BCUT2D eigenvalue weighted by Crippen LogP contribution is -2.40. The summed E-state index contributed by atoms with van der Waals surface area (Å²) < 4.78 is 11.7. The molecule has 0 aliphatic carbocycles. The minimum absolute atomic E-state index is 0.260. The first kappa shape index (κ1) is 28.1. The Hall–Kier alpha value is -2.87. The van der Waals surface area contributed by atoms with Crippen molar-refractivity contribution in [2.75, 3.05) is 40.4 Å². The second-order valence-corrected chi connectivity index (χ2v) is 10.6. The molecule has 2 aliphatic rings. The molecule has 5 rings (SSSR count). The number of benzene rings is 2. The van der Waals surface area contributed by atoms with Crippen LogP contribution >= 0.6 is 0 Å². The molecule has 206 valence electrons. The third kappa shape index (κ3) is 7.37. The molecule has 2 N–H and O–H groups in total. The number of H-pyrrole nitrogens is 1. The zero-order chi connectivity index (χ0) is 26.9. The molecule has 0 saturated carbocycles. The van der Waals surface area contributed by atoms with Gasteiger partial charge in [0.2, 0.25) is 0 Å². The monoisotopic (exact) mass is 521 g/mol. The quantitative estimate of drug-likeness (QED) is 0.418. The van der Waals surface area contributed by atoms with Crippen LogP contribution in [0.25, 0.3) is 10.9 Å². The normalized spacial score (nSPS) is 20.5. The summed E-state index contributed by atoms with van der Waals surface area (Å²) in [5, 5.41) is 9.66. The van der Waals surface area contributed by atoms with Crippen molar-refractivity contribution in [2.24, 2.45) is 0 Å². The molecule has 0 radical (unpaired) electrons. The number of nitrogens with zero attached hydrogens (tertiary/aromatic N) is 2. The Morgan fingerprint density at radius 3 is 2.29 bits per heavy atom. The van der Waals surface area contributed by atoms with Crippen molar-refractivity contribution in [1.82, 2.24) is 14.8 Å². The molecule has 0 amide bonds. The molecule has 7 nitrogen and oxygen atoms in total. The molecule has 3 aromatic rings. The summed E-state index contributed by atoms with van der Waals surface area (Å²) >= 11 is 0. The van der Waals surface area contributed by atoms with Crippen LogP contribution in [0.1, 0.15) is 60.1 Å². The van der Waals surface area contributed by atoms with Crippen molar-refractivity contribution in [3.05, 3.63) is 65.4 Å². The summed E-state index contributed by atoms with van der Waals surface area (Å²) in [6.07, 6.45) is 7.44. The summed E-state index contributed by atoms with van der Waals surface area (Å²) in [6, 6.07) is 16.5. The van der Waals surface area contributed by atoms with E-state index in [1.165, 1.54) is 38.5 Å². The lowest BCUT2D eigenvalue weighted by atomic mass is 10.0. The molecule has 2 saturated heterocycles. The molecule has 0 bridgehead atoms. The third-order valence-electron chi connectivity index (χ3n) is 7.87. The van der Waals surface area contributed by atoms with E-state index in [9.17, 15) is 4.79 Å². The van der Waals surface area contributed by atoms with Gasteiger partial charge in [0.15, 0.2) is 0 Å². The molecular formula is C31H43N3O4. The van der Waals surface area contributed by atoms with Crippen molar-refractivity contribution in [1.29, 1.82) is 0 Å². The fourth-order valence-corrected chi connectivity index (χ4v) is 5.38. The molecule has 2 aromatic carbocycles. The number of nitrogens with one attached hydrogen (secondary N) is 1.